The van der Waals surface area contributed by atoms with Crippen LogP contribution >= 0.6 is 0 Å². The lowest BCUT2D eigenvalue weighted by atomic mass is 9.80. The maximum atomic E-state index is 10.8. The van der Waals surface area contributed by atoms with Gasteiger partial charge in [-0.05, 0) is 45.9 Å². The Bertz CT molecular complexity index is 1640. The highest BCUT2D eigenvalue weighted by Gasteiger charge is 2.44. The lowest BCUT2D eigenvalue weighted by Crippen LogP contribution is -2.75. The molecule has 0 bridgehead atoms. The van der Waals surface area contributed by atoms with E-state index in [9.17, 15) is 5.11 Å². The van der Waals surface area contributed by atoms with Crippen molar-refractivity contribution in [3.63, 3.8) is 0 Å². The molecule has 4 aromatic carbocycles. The summed E-state index contributed by atoms with van der Waals surface area (Å²) in [4.78, 5) is 9.98. The number of phenolic OH excluding ortho intramolecular Hbond substituents is 1. The van der Waals surface area contributed by atoms with Crippen molar-refractivity contribution in [2.45, 2.75) is 19.3 Å². The predicted octanol–water partition coefficient (Wildman–Crippen LogP) is 4.67. The molecule has 1 aromatic heterocycles. The number of para-hydroxylation sites is 1. The van der Waals surface area contributed by atoms with Gasteiger partial charge in [0.05, 0.1) is 12.4 Å². The average molecular weight is 554 g/mol. The molecule has 4 nitrogen and oxygen atoms in total. The normalized spacial score (nSPS) is 13.5. The molecular weight excluding hydrogens is 519 g/mol. The number of aromatic hydroxyl groups is 1. The van der Waals surface area contributed by atoms with Gasteiger partial charge in [0, 0.05) is 41.4 Å². The Labute approximate surface area is 243 Å². The summed E-state index contributed by atoms with van der Waals surface area (Å²) in [5.74, 6) is 0.288. The average Bonchev–Trinajstić information content (AvgIpc) is 3.45. The summed E-state index contributed by atoms with van der Waals surface area (Å²) < 4.78 is 0. The van der Waals surface area contributed by atoms with Crippen LogP contribution in [0.4, 0.5) is 5.69 Å². The summed E-state index contributed by atoms with van der Waals surface area (Å²) >= 11 is 0. The van der Waals surface area contributed by atoms with Gasteiger partial charge in [-0.3, -0.25) is 4.98 Å². The van der Waals surface area contributed by atoms with Crippen LogP contribution < -0.4 is 25.8 Å². The monoisotopic (exact) mass is 553 g/mol. The molecule has 204 valence electrons. The van der Waals surface area contributed by atoms with Gasteiger partial charge in [-0.2, -0.15) is 0 Å². The molecule has 6 rings (SSSR count). The second-order valence-electron chi connectivity index (χ2n) is 11.2. The van der Waals surface area contributed by atoms with Crippen LogP contribution in [0.5, 0.6) is 5.75 Å². The summed E-state index contributed by atoms with van der Waals surface area (Å²) in [6, 6.07) is 44.8. The number of anilines is 1. The van der Waals surface area contributed by atoms with E-state index in [1.54, 1.807) is 6.07 Å². The maximum absolute atomic E-state index is 10.8. The lowest BCUT2D eigenvalue weighted by molar-refractivity contribution is 0.451. The number of hydrogen-bond acceptors (Lipinski definition) is 4. The minimum absolute atomic E-state index is 0.288. The van der Waals surface area contributed by atoms with E-state index in [-0.39, 0.29) is 5.75 Å². The van der Waals surface area contributed by atoms with Crippen molar-refractivity contribution in [2.75, 3.05) is 18.6 Å². The van der Waals surface area contributed by atoms with Crippen LogP contribution in [0.2, 0.25) is 0 Å². The van der Waals surface area contributed by atoms with E-state index in [2.05, 4.69) is 146 Å². The number of aromatic nitrogens is 1. The number of phenols is 1. The second-order valence-corrected chi connectivity index (χ2v) is 15.0. The summed E-state index contributed by atoms with van der Waals surface area (Å²) in [7, 11) is -0.770. The van der Waals surface area contributed by atoms with E-state index in [4.69, 9.17) is 4.98 Å². The van der Waals surface area contributed by atoms with Crippen LogP contribution in [0.25, 0.3) is 0 Å². The third-order valence-corrected chi connectivity index (χ3v) is 12.9. The Morgan fingerprint density at radius 2 is 1.29 bits per heavy atom. The Morgan fingerprint density at radius 3 is 1.93 bits per heavy atom. The molecule has 0 aliphatic carbocycles. The Hall–Kier alpha value is -4.61. The van der Waals surface area contributed by atoms with Crippen molar-refractivity contribution in [2.24, 2.45) is 0 Å². The molecular formula is C36H35N3OSi. The maximum Gasteiger partial charge on any atom is 0.201 e. The van der Waals surface area contributed by atoms with Gasteiger partial charge in [-0.15, -0.1) is 0 Å². The molecule has 0 amide bonds. The second kappa shape index (κ2) is 10.8. The topological polar surface area (TPSA) is 39.6 Å². The van der Waals surface area contributed by atoms with Crippen molar-refractivity contribution >= 4 is 34.6 Å². The Kier molecular flexibility index (Phi) is 6.98. The summed E-state index contributed by atoms with van der Waals surface area (Å²) in [6.07, 6.45) is 4.25. The van der Waals surface area contributed by atoms with Gasteiger partial charge in [0.1, 0.15) is 5.75 Å². The highest BCUT2D eigenvalue weighted by molar-refractivity contribution is 7.19. The first-order valence-corrected chi connectivity index (χ1v) is 16.0. The molecule has 0 spiro atoms. The molecule has 41 heavy (non-hydrogen) atoms. The first kappa shape index (κ1) is 26.6. The van der Waals surface area contributed by atoms with Crippen molar-refractivity contribution in [1.82, 2.24) is 9.88 Å². The standard InChI is InChI=1S/C36H35N3OSi/c1-36(2,32-20-10-11-21-33(32)40)34-22-13-23-35(37-34)41(29-15-6-4-7-16-29,30-17-8-5-9-18-30)31-19-12-14-28(26-31)39-25-24-38(3)27-39/h4-26,40H,27H2,1-3H3. The number of benzene rings is 4. The number of hydrogen-bond donors (Lipinski definition) is 1. The third kappa shape index (κ3) is 4.72. The van der Waals surface area contributed by atoms with E-state index in [0.717, 1.165) is 28.9 Å². The molecule has 0 unspecified atom stereocenters. The Balaban J connectivity index is 1.63. The fourth-order valence-corrected chi connectivity index (χ4v) is 10.7. The third-order valence-electron chi connectivity index (χ3n) is 8.25. The van der Waals surface area contributed by atoms with Gasteiger partial charge in [0.25, 0.3) is 0 Å². The predicted molar refractivity (Wildman–Crippen MR) is 172 cm³/mol. The molecule has 0 saturated heterocycles. The zero-order chi connectivity index (χ0) is 28.5. The summed E-state index contributed by atoms with van der Waals surface area (Å²) in [5.41, 5.74) is 2.46. The van der Waals surface area contributed by atoms with Crippen LogP contribution in [-0.4, -0.2) is 36.8 Å². The van der Waals surface area contributed by atoms with Crippen molar-refractivity contribution in [1.29, 1.82) is 0 Å². The molecule has 2 heterocycles. The molecule has 1 N–H and O–H groups in total. The first-order valence-electron chi connectivity index (χ1n) is 14.0. The number of pyridine rings is 1. The minimum Gasteiger partial charge on any atom is -0.508 e. The Morgan fingerprint density at radius 1 is 0.683 bits per heavy atom. The van der Waals surface area contributed by atoms with Crippen LogP contribution in [0.1, 0.15) is 25.1 Å². The van der Waals surface area contributed by atoms with Gasteiger partial charge >= 0.3 is 0 Å². The molecule has 0 atom stereocenters. The smallest absolute Gasteiger partial charge is 0.201 e. The number of nitrogens with zero attached hydrogens (tertiary/aromatic N) is 3. The largest absolute Gasteiger partial charge is 0.508 e. The molecule has 0 fully saturated rings. The van der Waals surface area contributed by atoms with Gasteiger partial charge in [0.2, 0.25) is 8.07 Å². The van der Waals surface area contributed by atoms with Crippen molar-refractivity contribution in [3.8, 4) is 5.75 Å². The summed E-state index contributed by atoms with van der Waals surface area (Å²) in [5, 5.41) is 15.7. The van der Waals surface area contributed by atoms with Crippen LogP contribution in [0.3, 0.4) is 0 Å². The van der Waals surface area contributed by atoms with E-state index >= 15 is 0 Å². The van der Waals surface area contributed by atoms with E-state index < -0.39 is 13.5 Å². The van der Waals surface area contributed by atoms with Crippen LogP contribution in [0, 0.1) is 0 Å². The highest BCUT2D eigenvalue weighted by atomic mass is 28.3. The van der Waals surface area contributed by atoms with Gasteiger partial charge in [0.15, 0.2) is 0 Å². The van der Waals surface area contributed by atoms with Gasteiger partial charge in [-0.25, -0.2) is 0 Å². The molecule has 5 heteroatoms. The van der Waals surface area contributed by atoms with Gasteiger partial charge < -0.3 is 14.9 Å². The lowest BCUT2D eigenvalue weighted by Gasteiger charge is -2.35. The molecule has 0 radical (unpaired) electrons. The minimum atomic E-state index is -2.86. The fourth-order valence-electron chi connectivity index (χ4n) is 6.07. The zero-order valence-corrected chi connectivity index (χ0v) is 24.8. The zero-order valence-electron chi connectivity index (χ0n) is 23.8. The van der Waals surface area contributed by atoms with Crippen molar-refractivity contribution < 1.29 is 5.11 Å². The molecule has 5 aromatic rings. The first-order chi connectivity index (χ1) is 19.9. The fraction of sp³-hybridized carbons (Fsp3) is 0.139. The van der Waals surface area contributed by atoms with Gasteiger partial charge in [-0.1, -0.05) is 111 Å². The quantitative estimate of drug-likeness (QED) is 0.235. The van der Waals surface area contributed by atoms with E-state index in [0.29, 0.717) is 0 Å². The van der Waals surface area contributed by atoms with E-state index in [1.807, 2.05) is 18.2 Å². The number of rotatable bonds is 7. The highest BCUT2D eigenvalue weighted by Crippen LogP contribution is 2.35. The molecule has 1 aliphatic heterocycles. The van der Waals surface area contributed by atoms with Crippen LogP contribution in [-0.2, 0) is 5.41 Å². The van der Waals surface area contributed by atoms with Crippen LogP contribution in [0.15, 0.2) is 140 Å². The van der Waals surface area contributed by atoms with Crippen molar-refractivity contribution in [3.05, 3.63) is 151 Å². The van der Waals surface area contributed by atoms with E-state index in [1.165, 1.54) is 15.6 Å². The summed E-state index contributed by atoms with van der Waals surface area (Å²) in [6.45, 7) is 5.09. The molecule has 0 saturated carbocycles. The molecule has 1 aliphatic rings. The SMILES string of the molecule is CN1C=CN(c2cccc([Si](c3ccccc3)(c3ccccc3)c3cccc(C(C)(C)c4ccccc4O)n3)c2)C1.